The molecule has 108 valence electrons. The first kappa shape index (κ1) is 18.7. The maximum absolute atomic E-state index is 2.63. The van der Waals surface area contributed by atoms with Crippen LogP contribution in [0.3, 0.4) is 0 Å². The standard InChI is InChI=1S/C12H22.C6H7P.Na.H/c1-3-7-11(8-4-1)12-9-5-2-6-10-12;7-6-4-2-1-3-5-6;;/h11-12H,1-10H2;1-5H,7H2;;. The van der Waals surface area contributed by atoms with Crippen LogP contribution in [0.25, 0.3) is 0 Å². The molecule has 0 aromatic heterocycles. The summed E-state index contributed by atoms with van der Waals surface area (Å²) >= 11 is 0. The monoisotopic (exact) mass is 300 g/mol. The second-order valence-electron chi connectivity index (χ2n) is 6.21. The molecule has 1 aromatic carbocycles. The van der Waals surface area contributed by atoms with Crippen LogP contribution in [0, 0.1) is 11.8 Å². The van der Waals surface area contributed by atoms with Crippen molar-refractivity contribution in [2.75, 3.05) is 0 Å². The van der Waals surface area contributed by atoms with Crippen LogP contribution in [0.1, 0.15) is 64.2 Å². The van der Waals surface area contributed by atoms with Crippen molar-refractivity contribution in [2.24, 2.45) is 11.8 Å². The molecule has 0 N–H and O–H groups in total. The van der Waals surface area contributed by atoms with Gasteiger partial charge in [-0.25, -0.2) is 0 Å². The van der Waals surface area contributed by atoms with E-state index in [4.69, 9.17) is 0 Å². The van der Waals surface area contributed by atoms with Gasteiger partial charge in [0.2, 0.25) is 0 Å². The van der Waals surface area contributed by atoms with Gasteiger partial charge in [0.25, 0.3) is 0 Å². The molecule has 1 atom stereocenters. The zero-order chi connectivity index (χ0) is 13.3. The van der Waals surface area contributed by atoms with Gasteiger partial charge in [-0.15, -0.1) is 9.24 Å². The number of hydrogen-bond donors (Lipinski definition) is 0. The van der Waals surface area contributed by atoms with Gasteiger partial charge in [-0.2, -0.15) is 0 Å². The van der Waals surface area contributed by atoms with Gasteiger partial charge in [-0.3, -0.25) is 0 Å². The van der Waals surface area contributed by atoms with Crippen LogP contribution in [-0.2, 0) is 0 Å². The fourth-order valence-electron chi connectivity index (χ4n) is 3.66. The Balaban J connectivity index is 0.000000216. The second-order valence-corrected chi connectivity index (χ2v) is 6.87. The Morgan fingerprint density at radius 3 is 1.35 bits per heavy atom. The van der Waals surface area contributed by atoms with E-state index in [9.17, 15) is 0 Å². The van der Waals surface area contributed by atoms with E-state index in [1.807, 2.05) is 30.3 Å². The molecule has 20 heavy (non-hydrogen) atoms. The summed E-state index contributed by atoms with van der Waals surface area (Å²) in [5.74, 6) is 2.28. The van der Waals surface area contributed by atoms with Gasteiger partial charge < -0.3 is 0 Å². The maximum atomic E-state index is 2.63. The van der Waals surface area contributed by atoms with Crippen LogP contribution in [0.2, 0.25) is 0 Å². The van der Waals surface area contributed by atoms with Gasteiger partial charge in [-0.1, -0.05) is 94.5 Å². The number of benzene rings is 1. The average molecular weight is 300 g/mol. The second kappa shape index (κ2) is 11.2. The fourth-order valence-corrected chi connectivity index (χ4v) is 3.89. The van der Waals surface area contributed by atoms with Gasteiger partial charge in [-0.05, 0) is 17.1 Å². The molecule has 1 unspecified atom stereocenters. The molecule has 0 saturated heterocycles. The Hall–Kier alpha value is 0.650. The normalized spacial score (nSPS) is 20.4. The molecule has 2 fully saturated rings. The zero-order valence-corrected chi connectivity index (χ0v) is 13.3. The Morgan fingerprint density at radius 1 is 0.650 bits per heavy atom. The first-order chi connectivity index (χ1) is 9.36. The van der Waals surface area contributed by atoms with Gasteiger partial charge in [0.1, 0.15) is 0 Å². The summed E-state index contributed by atoms with van der Waals surface area (Å²) in [7, 11) is 2.63. The molecule has 0 nitrogen and oxygen atoms in total. The van der Waals surface area contributed by atoms with Crippen molar-refractivity contribution < 1.29 is 0 Å². The Morgan fingerprint density at radius 2 is 1.05 bits per heavy atom. The van der Waals surface area contributed by atoms with Crippen molar-refractivity contribution >= 4 is 44.1 Å². The van der Waals surface area contributed by atoms with Crippen LogP contribution in [0.5, 0.6) is 0 Å². The van der Waals surface area contributed by atoms with E-state index in [1.165, 1.54) is 43.8 Å². The molecule has 0 heterocycles. The topological polar surface area (TPSA) is 0 Å². The van der Waals surface area contributed by atoms with Crippen LogP contribution in [0.15, 0.2) is 30.3 Å². The Bertz CT molecular complexity index is 311. The van der Waals surface area contributed by atoms with E-state index in [0.29, 0.717) is 0 Å². The predicted octanol–water partition coefficient (Wildman–Crippen LogP) is 4.69. The third-order valence-electron chi connectivity index (χ3n) is 4.77. The molecule has 0 aliphatic heterocycles. The Kier molecular flexibility index (Phi) is 10.5. The van der Waals surface area contributed by atoms with Gasteiger partial charge in [0.15, 0.2) is 0 Å². The number of rotatable bonds is 1. The summed E-state index contributed by atoms with van der Waals surface area (Å²) in [6.07, 6.45) is 15.4. The Labute approximate surface area is 150 Å². The van der Waals surface area contributed by atoms with E-state index in [0.717, 1.165) is 11.8 Å². The third-order valence-corrected chi connectivity index (χ3v) is 5.15. The van der Waals surface area contributed by atoms with E-state index >= 15 is 0 Å². The molecule has 0 spiro atoms. The molecule has 0 radical (unpaired) electrons. The molecule has 0 amide bonds. The van der Waals surface area contributed by atoms with Crippen molar-refractivity contribution in [2.45, 2.75) is 64.2 Å². The molecular weight excluding hydrogens is 270 g/mol. The quantitative estimate of drug-likeness (QED) is 0.521. The van der Waals surface area contributed by atoms with Crippen LogP contribution >= 0.6 is 9.24 Å². The van der Waals surface area contributed by atoms with E-state index in [1.54, 1.807) is 25.7 Å². The van der Waals surface area contributed by atoms with Crippen molar-refractivity contribution in [1.29, 1.82) is 0 Å². The molecular formula is C18H30NaP. The van der Waals surface area contributed by atoms with Gasteiger partial charge >= 0.3 is 29.6 Å². The molecule has 2 aliphatic rings. The van der Waals surface area contributed by atoms with E-state index in [2.05, 4.69) is 9.24 Å². The van der Waals surface area contributed by atoms with Crippen molar-refractivity contribution in [3.05, 3.63) is 30.3 Å². The molecule has 0 bridgehead atoms. The molecule has 2 saturated carbocycles. The van der Waals surface area contributed by atoms with Gasteiger partial charge in [0, 0.05) is 0 Å². The number of hydrogen-bond acceptors (Lipinski definition) is 0. The molecule has 3 rings (SSSR count). The summed E-state index contributed by atoms with van der Waals surface area (Å²) in [6.45, 7) is 0. The summed E-state index contributed by atoms with van der Waals surface area (Å²) in [5.41, 5.74) is 0. The summed E-state index contributed by atoms with van der Waals surface area (Å²) in [6, 6.07) is 10.1. The van der Waals surface area contributed by atoms with Crippen molar-refractivity contribution in [3.63, 3.8) is 0 Å². The summed E-state index contributed by atoms with van der Waals surface area (Å²) < 4.78 is 0. The van der Waals surface area contributed by atoms with Crippen molar-refractivity contribution in [3.8, 4) is 0 Å². The zero-order valence-electron chi connectivity index (χ0n) is 12.2. The molecule has 2 aliphatic carbocycles. The average Bonchev–Trinajstić information content (AvgIpc) is 2.51. The van der Waals surface area contributed by atoms with Crippen LogP contribution in [0.4, 0.5) is 0 Å². The summed E-state index contributed by atoms with van der Waals surface area (Å²) in [5, 5.41) is 1.24. The first-order valence-corrected chi connectivity index (χ1v) is 8.74. The first-order valence-electron chi connectivity index (χ1n) is 8.17. The van der Waals surface area contributed by atoms with Crippen LogP contribution < -0.4 is 5.30 Å². The summed E-state index contributed by atoms with van der Waals surface area (Å²) in [4.78, 5) is 0. The van der Waals surface area contributed by atoms with Gasteiger partial charge in [0.05, 0.1) is 0 Å². The minimum absolute atomic E-state index is 0. The fraction of sp³-hybridized carbons (Fsp3) is 0.667. The van der Waals surface area contributed by atoms with Crippen LogP contribution in [-0.4, -0.2) is 29.6 Å². The van der Waals surface area contributed by atoms with E-state index in [-0.39, 0.29) is 29.6 Å². The van der Waals surface area contributed by atoms with E-state index < -0.39 is 0 Å². The minimum atomic E-state index is 0. The predicted molar refractivity (Wildman–Crippen MR) is 96.1 cm³/mol. The molecule has 2 heteroatoms. The van der Waals surface area contributed by atoms with Crippen molar-refractivity contribution in [1.82, 2.24) is 0 Å². The molecule has 1 aromatic rings. The SMILES string of the molecule is C1CCC(C2CCCCC2)CC1.Pc1ccccc1.[NaH]. The third kappa shape index (κ3) is 7.08.